The van der Waals surface area contributed by atoms with E-state index in [4.69, 9.17) is 5.11 Å². The maximum Gasteiger partial charge on any atom is 0.410 e. The number of anilines is 2. The SMILES string of the molecule is O=C(O)Nc1cn(CC(=O)Nc2cccc(F)c2F)nn1. The van der Waals surface area contributed by atoms with Crippen molar-refractivity contribution in [2.45, 2.75) is 6.54 Å². The summed E-state index contributed by atoms with van der Waals surface area (Å²) in [5, 5.41) is 19.5. The summed E-state index contributed by atoms with van der Waals surface area (Å²) in [5.41, 5.74) is -0.302. The number of halogens is 2. The Morgan fingerprint density at radius 2 is 2.05 bits per heavy atom. The summed E-state index contributed by atoms with van der Waals surface area (Å²) < 4.78 is 27.4. The average molecular weight is 297 g/mol. The van der Waals surface area contributed by atoms with Gasteiger partial charge in [-0.3, -0.25) is 10.1 Å². The molecule has 0 aliphatic carbocycles. The van der Waals surface area contributed by atoms with Crippen LogP contribution in [0.15, 0.2) is 24.4 Å². The molecular weight excluding hydrogens is 288 g/mol. The summed E-state index contributed by atoms with van der Waals surface area (Å²) in [6, 6.07) is 3.37. The number of benzene rings is 1. The molecule has 1 heterocycles. The highest BCUT2D eigenvalue weighted by molar-refractivity contribution is 5.90. The van der Waals surface area contributed by atoms with E-state index in [1.807, 2.05) is 5.32 Å². The molecule has 0 aliphatic rings. The zero-order valence-corrected chi connectivity index (χ0v) is 10.4. The van der Waals surface area contributed by atoms with Crippen LogP contribution in [-0.4, -0.2) is 32.1 Å². The summed E-state index contributed by atoms with van der Waals surface area (Å²) in [4.78, 5) is 22.0. The van der Waals surface area contributed by atoms with Crippen LogP contribution in [0.5, 0.6) is 0 Å². The van der Waals surface area contributed by atoms with Crippen molar-refractivity contribution in [2.75, 3.05) is 10.6 Å². The van der Waals surface area contributed by atoms with Crippen molar-refractivity contribution in [3.63, 3.8) is 0 Å². The fourth-order valence-electron chi connectivity index (χ4n) is 1.48. The van der Waals surface area contributed by atoms with E-state index in [0.29, 0.717) is 0 Å². The van der Waals surface area contributed by atoms with E-state index in [0.717, 1.165) is 10.7 Å². The predicted octanol–water partition coefficient (Wildman–Crippen LogP) is 1.28. The molecule has 0 radical (unpaired) electrons. The van der Waals surface area contributed by atoms with Gasteiger partial charge in [-0.2, -0.15) is 0 Å². The van der Waals surface area contributed by atoms with Crippen molar-refractivity contribution in [3.8, 4) is 0 Å². The third-order valence-electron chi connectivity index (χ3n) is 2.30. The molecule has 2 amide bonds. The Kier molecular flexibility index (Phi) is 4.07. The lowest BCUT2D eigenvalue weighted by Gasteiger charge is -2.06. The maximum atomic E-state index is 13.3. The predicted molar refractivity (Wildman–Crippen MR) is 66.7 cm³/mol. The molecule has 1 aromatic carbocycles. The summed E-state index contributed by atoms with van der Waals surface area (Å²) >= 11 is 0. The summed E-state index contributed by atoms with van der Waals surface area (Å²) in [5.74, 6) is -2.99. The van der Waals surface area contributed by atoms with Gasteiger partial charge in [0, 0.05) is 0 Å². The molecule has 10 heteroatoms. The Hall–Kier alpha value is -3.04. The number of rotatable bonds is 4. The van der Waals surface area contributed by atoms with E-state index in [1.165, 1.54) is 18.3 Å². The van der Waals surface area contributed by atoms with Gasteiger partial charge in [0.25, 0.3) is 0 Å². The molecular formula is C11H9F2N5O3. The van der Waals surface area contributed by atoms with Crippen LogP contribution >= 0.6 is 0 Å². The first-order valence-electron chi connectivity index (χ1n) is 5.59. The molecule has 1 aromatic heterocycles. The molecule has 0 fully saturated rings. The van der Waals surface area contributed by atoms with Crippen LogP contribution < -0.4 is 10.6 Å². The Balaban J connectivity index is 2.00. The molecule has 0 atom stereocenters. The van der Waals surface area contributed by atoms with Gasteiger partial charge in [-0.05, 0) is 12.1 Å². The minimum atomic E-state index is -1.33. The first-order chi connectivity index (χ1) is 9.95. The average Bonchev–Trinajstić information content (AvgIpc) is 2.81. The minimum Gasteiger partial charge on any atom is -0.465 e. The second-order valence-corrected chi connectivity index (χ2v) is 3.88. The van der Waals surface area contributed by atoms with Crippen molar-refractivity contribution < 1.29 is 23.5 Å². The molecule has 2 aromatic rings. The molecule has 0 spiro atoms. The molecule has 8 nitrogen and oxygen atoms in total. The summed E-state index contributed by atoms with van der Waals surface area (Å²) in [6.45, 7) is -0.343. The van der Waals surface area contributed by atoms with Crippen LogP contribution in [0, 0.1) is 11.6 Å². The van der Waals surface area contributed by atoms with Crippen LogP contribution in [0.1, 0.15) is 0 Å². The van der Waals surface area contributed by atoms with E-state index in [2.05, 4.69) is 15.6 Å². The molecule has 3 N–H and O–H groups in total. The number of carboxylic acid groups (broad SMARTS) is 1. The van der Waals surface area contributed by atoms with Gasteiger partial charge in [-0.25, -0.2) is 18.3 Å². The number of nitrogens with zero attached hydrogens (tertiary/aromatic N) is 3. The maximum absolute atomic E-state index is 13.3. The number of carbonyl (C=O) groups excluding carboxylic acids is 1. The molecule has 110 valence electrons. The van der Waals surface area contributed by atoms with Crippen LogP contribution in [0.25, 0.3) is 0 Å². The second-order valence-electron chi connectivity index (χ2n) is 3.88. The number of hydrogen-bond acceptors (Lipinski definition) is 4. The van der Waals surface area contributed by atoms with Gasteiger partial charge < -0.3 is 10.4 Å². The van der Waals surface area contributed by atoms with E-state index >= 15 is 0 Å². The molecule has 2 rings (SSSR count). The van der Waals surface area contributed by atoms with Gasteiger partial charge in [0.2, 0.25) is 5.91 Å². The van der Waals surface area contributed by atoms with E-state index in [9.17, 15) is 18.4 Å². The number of aromatic nitrogens is 3. The van der Waals surface area contributed by atoms with Crippen molar-refractivity contribution in [3.05, 3.63) is 36.0 Å². The highest BCUT2D eigenvalue weighted by atomic mass is 19.2. The lowest BCUT2D eigenvalue weighted by atomic mass is 10.3. The quantitative estimate of drug-likeness (QED) is 0.787. The standard InChI is InChI=1S/C11H9F2N5O3/c12-6-2-1-3-7(10(6)13)14-9(19)5-18-4-8(16-17-18)15-11(20)21/h1-4,15H,5H2,(H,14,19)(H,20,21). The van der Waals surface area contributed by atoms with E-state index < -0.39 is 23.6 Å². The third kappa shape index (κ3) is 3.72. The zero-order chi connectivity index (χ0) is 15.4. The number of carbonyl (C=O) groups is 2. The van der Waals surface area contributed by atoms with Gasteiger partial charge in [0.05, 0.1) is 11.9 Å². The van der Waals surface area contributed by atoms with Crippen molar-refractivity contribution >= 4 is 23.5 Å². The number of amides is 2. The largest absolute Gasteiger partial charge is 0.465 e. The molecule has 0 saturated carbocycles. The topological polar surface area (TPSA) is 109 Å². The fourth-order valence-corrected chi connectivity index (χ4v) is 1.48. The van der Waals surface area contributed by atoms with Crippen LogP contribution in [0.4, 0.5) is 25.1 Å². The van der Waals surface area contributed by atoms with Crippen molar-refractivity contribution in [1.29, 1.82) is 0 Å². The lowest BCUT2D eigenvalue weighted by molar-refractivity contribution is -0.116. The summed E-state index contributed by atoms with van der Waals surface area (Å²) in [7, 11) is 0. The molecule has 0 saturated heterocycles. The molecule has 21 heavy (non-hydrogen) atoms. The Morgan fingerprint density at radius 1 is 1.29 bits per heavy atom. The molecule has 0 bridgehead atoms. The Morgan fingerprint density at radius 3 is 2.76 bits per heavy atom. The van der Waals surface area contributed by atoms with Crippen molar-refractivity contribution in [2.24, 2.45) is 0 Å². The smallest absolute Gasteiger partial charge is 0.410 e. The van der Waals surface area contributed by atoms with Gasteiger partial charge in [0.1, 0.15) is 6.54 Å². The van der Waals surface area contributed by atoms with Gasteiger partial charge in [-0.15, -0.1) is 5.10 Å². The second kappa shape index (κ2) is 5.94. The third-order valence-corrected chi connectivity index (χ3v) is 2.30. The highest BCUT2D eigenvalue weighted by Gasteiger charge is 2.12. The van der Waals surface area contributed by atoms with Crippen LogP contribution in [0.2, 0.25) is 0 Å². The minimum absolute atomic E-state index is 0.0627. The normalized spacial score (nSPS) is 10.2. The van der Waals surface area contributed by atoms with Gasteiger partial charge in [0.15, 0.2) is 17.5 Å². The number of nitrogens with one attached hydrogen (secondary N) is 2. The van der Waals surface area contributed by atoms with E-state index in [1.54, 1.807) is 0 Å². The monoisotopic (exact) mass is 297 g/mol. The van der Waals surface area contributed by atoms with Crippen LogP contribution in [-0.2, 0) is 11.3 Å². The highest BCUT2D eigenvalue weighted by Crippen LogP contribution is 2.16. The summed E-state index contributed by atoms with van der Waals surface area (Å²) in [6.07, 6.45) is -0.149. The van der Waals surface area contributed by atoms with Crippen molar-refractivity contribution in [1.82, 2.24) is 15.0 Å². The first kappa shape index (κ1) is 14.4. The number of hydrogen-bond donors (Lipinski definition) is 3. The fraction of sp³-hybridized carbons (Fsp3) is 0.0909. The lowest BCUT2D eigenvalue weighted by Crippen LogP contribution is -2.20. The molecule has 0 unspecified atom stereocenters. The molecule has 0 aliphatic heterocycles. The first-order valence-corrected chi connectivity index (χ1v) is 5.59. The van der Waals surface area contributed by atoms with Gasteiger partial charge in [-0.1, -0.05) is 11.3 Å². The zero-order valence-electron chi connectivity index (χ0n) is 10.4. The Bertz CT molecular complexity index is 688. The van der Waals surface area contributed by atoms with Crippen LogP contribution in [0.3, 0.4) is 0 Å². The van der Waals surface area contributed by atoms with E-state index in [-0.39, 0.29) is 18.1 Å². The van der Waals surface area contributed by atoms with Gasteiger partial charge >= 0.3 is 6.09 Å². The Labute approximate surface area is 116 Å².